The Morgan fingerprint density at radius 3 is 2.43 bits per heavy atom. The first kappa shape index (κ1) is 16.3. The summed E-state index contributed by atoms with van der Waals surface area (Å²) in [7, 11) is -3.39. The van der Waals surface area contributed by atoms with Crippen LogP contribution in [0.1, 0.15) is 39.5 Å². The molecule has 0 radical (unpaired) electrons. The van der Waals surface area contributed by atoms with Crippen LogP contribution < -0.4 is 10.0 Å². The van der Waals surface area contributed by atoms with Crippen LogP contribution in [0, 0.1) is 0 Å². The lowest BCUT2D eigenvalue weighted by atomic mass is 10.0. The predicted molar refractivity (Wildman–Crippen MR) is 83.8 cm³/mol. The summed E-state index contributed by atoms with van der Waals surface area (Å²) < 4.78 is 26.7. The SMILES string of the molecule is CCCC(C)(O)CNc1ccc(S(=O)(=O)NC2CC2)cc1. The maximum atomic E-state index is 12.0. The maximum absolute atomic E-state index is 12.0. The third kappa shape index (κ3) is 4.98. The first-order valence-corrected chi connectivity index (χ1v) is 8.89. The number of anilines is 1. The van der Waals surface area contributed by atoms with Crippen LogP contribution in [0.25, 0.3) is 0 Å². The molecule has 1 aromatic carbocycles. The van der Waals surface area contributed by atoms with Gasteiger partial charge in [0.05, 0.1) is 10.5 Å². The van der Waals surface area contributed by atoms with Crippen LogP contribution in [0.2, 0.25) is 0 Å². The van der Waals surface area contributed by atoms with Crippen molar-refractivity contribution in [3.05, 3.63) is 24.3 Å². The molecule has 1 saturated carbocycles. The van der Waals surface area contributed by atoms with Gasteiger partial charge in [-0.05, 0) is 50.5 Å². The fourth-order valence-corrected chi connectivity index (χ4v) is 3.47. The Kier molecular flexibility index (Phi) is 4.91. The average Bonchev–Trinajstić information content (AvgIpc) is 3.20. The van der Waals surface area contributed by atoms with Crippen molar-refractivity contribution < 1.29 is 13.5 Å². The highest BCUT2D eigenvalue weighted by Crippen LogP contribution is 2.23. The second-order valence-corrected chi connectivity index (χ2v) is 7.73. The number of hydrogen-bond acceptors (Lipinski definition) is 4. The highest BCUT2D eigenvalue weighted by atomic mass is 32.2. The summed E-state index contributed by atoms with van der Waals surface area (Å²) in [5.41, 5.74) is 0.0456. The second kappa shape index (κ2) is 6.34. The molecule has 0 amide bonds. The summed E-state index contributed by atoms with van der Waals surface area (Å²) in [4.78, 5) is 0.278. The minimum Gasteiger partial charge on any atom is -0.388 e. The van der Waals surface area contributed by atoms with Gasteiger partial charge in [0, 0.05) is 18.3 Å². The Hall–Kier alpha value is -1.11. The molecule has 5 nitrogen and oxygen atoms in total. The molecule has 1 unspecified atom stereocenters. The smallest absolute Gasteiger partial charge is 0.240 e. The molecule has 0 aromatic heterocycles. The fraction of sp³-hybridized carbons (Fsp3) is 0.600. The lowest BCUT2D eigenvalue weighted by Gasteiger charge is -2.23. The van der Waals surface area contributed by atoms with Gasteiger partial charge in [0.25, 0.3) is 0 Å². The van der Waals surface area contributed by atoms with E-state index in [1.807, 2.05) is 6.92 Å². The fourth-order valence-electron chi connectivity index (χ4n) is 2.16. The summed E-state index contributed by atoms with van der Waals surface area (Å²) >= 11 is 0. The molecule has 0 spiro atoms. The molecule has 0 bridgehead atoms. The number of rotatable bonds is 8. The van der Waals surface area contributed by atoms with Crippen molar-refractivity contribution >= 4 is 15.7 Å². The minimum absolute atomic E-state index is 0.108. The average molecular weight is 312 g/mol. The van der Waals surface area contributed by atoms with Gasteiger partial charge in [0.1, 0.15) is 0 Å². The van der Waals surface area contributed by atoms with Crippen molar-refractivity contribution in [3.63, 3.8) is 0 Å². The van der Waals surface area contributed by atoms with Gasteiger partial charge in [0.2, 0.25) is 10.0 Å². The quantitative estimate of drug-likeness (QED) is 0.687. The van der Waals surface area contributed by atoms with Gasteiger partial charge in [-0.2, -0.15) is 0 Å². The van der Waals surface area contributed by atoms with E-state index in [0.29, 0.717) is 6.54 Å². The van der Waals surface area contributed by atoms with E-state index in [9.17, 15) is 13.5 Å². The van der Waals surface area contributed by atoms with Crippen molar-refractivity contribution in [2.75, 3.05) is 11.9 Å². The molecular formula is C15H24N2O3S. The molecule has 0 saturated heterocycles. The zero-order chi connectivity index (χ0) is 15.5. The summed E-state index contributed by atoms with van der Waals surface area (Å²) in [5, 5.41) is 13.2. The first-order chi connectivity index (χ1) is 9.82. The van der Waals surface area contributed by atoms with Crippen molar-refractivity contribution in [3.8, 4) is 0 Å². The Morgan fingerprint density at radius 2 is 1.90 bits per heavy atom. The summed E-state index contributed by atoms with van der Waals surface area (Å²) in [6.07, 6.45) is 3.48. The highest BCUT2D eigenvalue weighted by molar-refractivity contribution is 7.89. The van der Waals surface area contributed by atoms with Crippen LogP contribution in [-0.2, 0) is 10.0 Å². The van der Waals surface area contributed by atoms with Crippen LogP contribution >= 0.6 is 0 Å². The van der Waals surface area contributed by atoms with E-state index in [1.165, 1.54) is 0 Å². The van der Waals surface area contributed by atoms with Crippen LogP contribution in [0.5, 0.6) is 0 Å². The zero-order valence-corrected chi connectivity index (χ0v) is 13.4. The normalized spacial score (nSPS) is 18.2. The van der Waals surface area contributed by atoms with Crippen molar-refractivity contribution in [1.29, 1.82) is 0 Å². The van der Waals surface area contributed by atoms with Gasteiger partial charge < -0.3 is 10.4 Å². The largest absolute Gasteiger partial charge is 0.388 e. The molecule has 0 aliphatic heterocycles. The standard InChI is InChI=1S/C15H24N2O3S/c1-3-10-15(2,18)11-16-12-6-8-14(9-7-12)21(19,20)17-13-4-5-13/h6-9,13,16-18H,3-5,10-11H2,1-2H3. The molecule has 1 aliphatic carbocycles. The first-order valence-electron chi connectivity index (χ1n) is 7.41. The molecule has 21 heavy (non-hydrogen) atoms. The van der Waals surface area contributed by atoms with E-state index < -0.39 is 15.6 Å². The third-order valence-electron chi connectivity index (χ3n) is 3.53. The van der Waals surface area contributed by atoms with Crippen molar-refractivity contribution in [2.45, 2.75) is 56.1 Å². The zero-order valence-electron chi connectivity index (χ0n) is 12.6. The number of benzene rings is 1. The Balaban J connectivity index is 1.95. The lowest BCUT2D eigenvalue weighted by molar-refractivity contribution is 0.0637. The van der Waals surface area contributed by atoms with E-state index in [-0.39, 0.29) is 10.9 Å². The molecule has 1 aliphatic rings. The lowest BCUT2D eigenvalue weighted by Crippen LogP contribution is -2.33. The van der Waals surface area contributed by atoms with Crippen LogP contribution in [-0.4, -0.2) is 31.7 Å². The maximum Gasteiger partial charge on any atom is 0.240 e. The summed E-state index contributed by atoms with van der Waals surface area (Å²) in [6, 6.07) is 6.73. The predicted octanol–water partition coefficient (Wildman–Crippen LogP) is 2.09. The van der Waals surface area contributed by atoms with E-state index in [1.54, 1.807) is 31.2 Å². The molecule has 0 heterocycles. The topological polar surface area (TPSA) is 78.4 Å². The second-order valence-electron chi connectivity index (χ2n) is 6.02. The van der Waals surface area contributed by atoms with Crippen molar-refractivity contribution in [2.24, 2.45) is 0 Å². The Bertz CT molecular complexity index is 563. The van der Waals surface area contributed by atoms with E-state index >= 15 is 0 Å². The molecule has 6 heteroatoms. The van der Waals surface area contributed by atoms with Crippen molar-refractivity contribution in [1.82, 2.24) is 4.72 Å². The van der Waals surface area contributed by atoms with E-state index in [2.05, 4.69) is 10.0 Å². The van der Waals surface area contributed by atoms with Gasteiger partial charge in [0.15, 0.2) is 0 Å². The highest BCUT2D eigenvalue weighted by Gasteiger charge is 2.27. The number of sulfonamides is 1. The van der Waals surface area contributed by atoms with Gasteiger partial charge in [-0.3, -0.25) is 0 Å². The van der Waals surface area contributed by atoms with Crippen LogP contribution in [0.15, 0.2) is 29.2 Å². The molecule has 1 fully saturated rings. The summed E-state index contributed by atoms with van der Waals surface area (Å²) in [5.74, 6) is 0. The Morgan fingerprint density at radius 1 is 1.29 bits per heavy atom. The molecule has 3 N–H and O–H groups in total. The van der Waals surface area contributed by atoms with E-state index in [4.69, 9.17) is 0 Å². The molecule has 2 rings (SSSR count). The van der Waals surface area contributed by atoms with E-state index in [0.717, 1.165) is 31.4 Å². The monoisotopic (exact) mass is 312 g/mol. The van der Waals surface area contributed by atoms with Gasteiger partial charge in [-0.1, -0.05) is 13.3 Å². The Labute approximate surface area is 126 Å². The molecule has 118 valence electrons. The molecule has 1 aromatic rings. The minimum atomic E-state index is -3.39. The molecule has 1 atom stereocenters. The van der Waals surface area contributed by atoms with Gasteiger partial charge in [-0.15, -0.1) is 0 Å². The van der Waals surface area contributed by atoms with Crippen LogP contribution in [0.4, 0.5) is 5.69 Å². The molecular weight excluding hydrogens is 288 g/mol. The van der Waals surface area contributed by atoms with Gasteiger partial charge in [-0.25, -0.2) is 13.1 Å². The number of hydrogen-bond donors (Lipinski definition) is 3. The number of nitrogens with one attached hydrogen (secondary N) is 2. The number of aliphatic hydroxyl groups is 1. The summed E-state index contributed by atoms with van der Waals surface area (Å²) in [6.45, 7) is 4.26. The van der Waals surface area contributed by atoms with Crippen LogP contribution in [0.3, 0.4) is 0 Å². The van der Waals surface area contributed by atoms with Gasteiger partial charge >= 0.3 is 0 Å². The third-order valence-corrected chi connectivity index (χ3v) is 5.06.